The summed E-state index contributed by atoms with van der Waals surface area (Å²) in [5.74, 6) is 6.04. The highest BCUT2D eigenvalue weighted by Crippen LogP contribution is 2.07. The van der Waals surface area contributed by atoms with Crippen molar-refractivity contribution in [2.24, 2.45) is 0 Å². The summed E-state index contributed by atoms with van der Waals surface area (Å²) in [6, 6.07) is 8.35. The summed E-state index contributed by atoms with van der Waals surface area (Å²) >= 11 is 5.67. The summed E-state index contributed by atoms with van der Waals surface area (Å²) in [4.78, 5) is 8.02. The Morgan fingerprint density at radius 3 is 2.47 bits per heavy atom. The normalized spacial score (nSPS) is 9.79. The molecule has 96 valence electrons. The van der Waals surface area contributed by atoms with Crippen molar-refractivity contribution < 1.29 is 0 Å². The van der Waals surface area contributed by atoms with Crippen LogP contribution in [0.3, 0.4) is 0 Å². The van der Waals surface area contributed by atoms with Crippen molar-refractivity contribution in [1.29, 1.82) is 0 Å². The van der Waals surface area contributed by atoms with E-state index in [0.29, 0.717) is 10.8 Å². The van der Waals surface area contributed by atoms with Gasteiger partial charge in [0.25, 0.3) is 0 Å². The Kier molecular flexibility index (Phi) is 4.94. The largest absolute Gasteiger partial charge is 0.243 e. The number of hydrogen-bond donors (Lipinski definition) is 0. The van der Waals surface area contributed by atoms with Gasteiger partial charge in [0.05, 0.1) is 12.4 Å². The fraction of sp³-hybridized carbons (Fsp3) is 0.250. The van der Waals surface area contributed by atoms with Crippen LogP contribution in [0.15, 0.2) is 36.7 Å². The van der Waals surface area contributed by atoms with Crippen LogP contribution in [-0.4, -0.2) is 9.97 Å². The quantitative estimate of drug-likeness (QED) is 0.791. The first-order chi connectivity index (χ1) is 9.28. The van der Waals surface area contributed by atoms with Crippen molar-refractivity contribution in [2.75, 3.05) is 0 Å². The number of rotatable bonds is 3. The molecule has 0 bridgehead atoms. The Bertz CT molecular complexity index is 577. The standard InChI is InChI=1S/C16H15ClN2/c1-2-3-4-13-5-7-14(8-6-13)9-10-15-11-19-16(17)12-18-15/h5-8,11-12H,2-4H2,1H3. The minimum atomic E-state index is 0.380. The number of unbranched alkanes of at least 4 members (excludes halogenated alkanes) is 1. The van der Waals surface area contributed by atoms with E-state index in [9.17, 15) is 0 Å². The van der Waals surface area contributed by atoms with E-state index < -0.39 is 0 Å². The maximum atomic E-state index is 5.67. The predicted molar refractivity (Wildman–Crippen MR) is 78.1 cm³/mol. The maximum absolute atomic E-state index is 5.67. The summed E-state index contributed by atoms with van der Waals surface area (Å²) in [5, 5.41) is 0.380. The number of aryl methyl sites for hydroxylation is 1. The van der Waals surface area contributed by atoms with Crippen molar-refractivity contribution in [3.63, 3.8) is 0 Å². The molecule has 1 heterocycles. The first kappa shape index (κ1) is 13.6. The molecule has 19 heavy (non-hydrogen) atoms. The molecule has 0 radical (unpaired) electrons. The number of halogens is 1. The van der Waals surface area contributed by atoms with Gasteiger partial charge in [-0.2, -0.15) is 0 Å². The molecule has 1 aromatic carbocycles. The van der Waals surface area contributed by atoms with Gasteiger partial charge in [-0.05, 0) is 36.5 Å². The number of hydrogen-bond acceptors (Lipinski definition) is 2. The molecule has 0 amide bonds. The van der Waals surface area contributed by atoms with E-state index in [1.54, 1.807) is 6.20 Å². The van der Waals surface area contributed by atoms with Gasteiger partial charge in [-0.25, -0.2) is 9.97 Å². The van der Waals surface area contributed by atoms with E-state index in [1.165, 1.54) is 24.6 Å². The minimum absolute atomic E-state index is 0.380. The van der Waals surface area contributed by atoms with Crippen molar-refractivity contribution in [2.45, 2.75) is 26.2 Å². The molecule has 0 spiro atoms. The van der Waals surface area contributed by atoms with Crippen LogP contribution in [0.2, 0.25) is 5.15 Å². The smallest absolute Gasteiger partial charge is 0.147 e. The molecule has 3 heteroatoms. The van der Waals surface area contributed by atoms with Gasteiger partial charge in [0.2, 0.25) is 0 Å². The average Bonchev–Trinajstić information content (AvgIpc) is 2.46. The Morgan fingerprint density at radius 1 is 1.05 bits per heavy atom. The van der Waals surface area contributed by atoms with Gasteiger partial charge < -0.3 is 0 Å². The number of nitrogens with zero attached hydrogens (tertiary/aromatic N) is 2. The van der Waals surface area contributed by atoms with Gasteiger partial charge in [0.15, 0.2) is 0 Å². The highest BCUT2D eigenvalue weighted by Gasteiger charge is 1.93. The van der Waals surface area contributed by atoms with Crippen LogP contribution in [-0.2, 0) is 6.42 Å². The van der Waals surface area contributed by atoms with Gasteiger partial charge in [-0.1, -0.05) is 43.0 Å². The molecular formula is C16H15ClN2. The Morgan fingerprint density at radius 2 is 1.84 bits per heavy atom. The topological polar surface area (TPSA) is 25.8 Å². The summed E-state index contributed by atoms with van der Waals surface area (Å²) in [6.45, 7) is 2.20. The van der Waals surface area contributed by atoms with Crippen molar-refractivity contribution in [3.8, 4) is 11.8 Å². The van der Waals surface area contributed by atoms with Crippen LogP contribution in [0.1, 0.15) is 36.6 Å². The van der Waals surface area contributed by atoms with Crippen LogP contribution in [0.5, 0.6) is 0 Å². The van der Waals surface area contributed by atoms with Gasteiger partial charge in [0.1, 0.15) is 10.8 Å². The second-order valence-electron chi connectivity index (χ2n) is 4.27. The summed E-state index contributed by atoms with van der Waals surface area (Å²) in [5.41, 5.74) is 2.97. The van der Waals surface area contributed by atoms with Crippen molar-refractivity contribution >= 4 is 11.6 Å². The summed E-state index contributed by atoms with van der Waals surface area (Å²) < 4.78 is 0. The number of benzene rings is 1. The Balaban J connectivity index is 2.05. The van der Waals surface area contributed by atoms with E-state index in [4.69, 9.17) is 11.6 Å². The second-order valence-corrected chi connectivity index (χ2v) is 4.66. The lowest BCUT2D eigenvalue weighted by atomic mass is 10.1. The van der Waals surface area contributed by atoms with Gasteiger partial charge in [-0.3, -0.25) is 0 Å². The molecular weight excluding hydrogens is 256 g/mol. The molecule has 2 nitrogen and oxygen atoms in total. The van der Waals surface area contributed by atoms with E-state index in [-0.39, 0.29) is 0 Å². The lowest BCUT2D eigenvalue weighted by Crippen LogP contribution is -1.86. The van der Waals surface area contributed by atoms with E-state index in [1.807, 2.05) is 12.1 Å². The molecule has 0 aliphatic heterocycles. The zero-order valence-corrected chi connectivity index (χ0v) is 11.6. The molecule has 0 atom stereocenters. The molecule has 0 unspecified atom stereocenters. The minimum Gasteiger partial charge on any atom is -0.243 e. The third-order valence-corrected chi connectivity index (χ3v) is 2.92. The van der Waals surface area contributed by atoms with Crippen LogP contribution >= 0.6 is 11.6 Å². The third kappa shape index (κ3) is 4.39. The molecule has 0 aliphatic rings. The highest BCUT2D eigenvalue weighted by atomic mass is 35.5. The van der Waals surface area contributed by atoms with Crippen LogP contribution in [0, 0.1) is 11.8 Å². The van der Waals surface area contributed by atoms with Gasteiger partial charge >= 0.3 is 0 Å². The van der Waals surface area contributed by atoms with Crippen molar-refractivity contribution in [3.05, 3.63) is 58.6 Å². The molecule has 0 N–H and O–H groups in total. The molecule has 0 saturated carbocycles. The third-order valence-electron chi connectivity index (χ3n) is 2.73. The molecule has 1 aromatic heterocycles. The zero-order chi connectivity index (χ0) is 13.5. The molecule has 0 aliphatic carbocycles. The molecule has 0 saturated heterocycles. The Hall–Kier alpha value is -1.85. The lowest BCUT2D eigenvalue weighted by Gasteiger charge is -1.99. The van der Waals surface area contributed by atoms with Gasteiger partial charge in [-0.15, -0.1) is 0 Å². The van der Waals surface area contributed by atoms with Crippen molar-refractivity contribution in [1.82, 2.24) is 9.97 Å². The molecule has 2 aromatic rings. The highest BCUT2D eigenvalue weighted by molar-refractivity contribution is 6.29. The first-order valence-corrected chi connectivity index (χ1v) is 6.74. The SMILES string of the molecule is CCCCc1ccc(C#Cc2cnc(Cl)cn2)cc1. The molecule has 2 rings (SSSR count). The predicted octanol–water partition coefficient (Wildman–Crippen LogP) is 3.87. The summed E-state index contributed by atoms with van der Waals surface area (Å²) in [7, 11) is 0. The zero-order valence-electron chi connectivity index (χ0n) is 10.9. The Labute approximate surface area is 118 Å². The number of aromatic nitrogens is 2. The van der Waals surface area contributed by atoms with E-state index >= 15 is 0 Å². The van der Waals surface area contributed by atoms with E-state index in [2.05, 4.69) is 40.9 Å². The average molecular weight is 271 g/mol. The lowest BCUT2D eigenvalue weighted by molar-refractivity contribution is 0.795. The maximum Gasteiger partial charge on any atom is 0.147 e. The second kappa shape index (κ2) is 6.92. The first-order valence-electron chi connectivity index (χ1n) is 6.36. The molecule has 0 fully saturated rings. The fourth-order valence-corrected chi connectivity index (χ4v) is 1.75. The summed E-state index contributed by atoms with van der Waals surface area (Å²) in [6.07, 6.45) is 6.65. The van der Waals surface area contributed by atoms with Crippen LogP contribution in [0.25, 0.3) is 0 Å². The van der Waals surface area contributed by atoms with Crippen LogP contribution in [0.4, 0.5) is 0 Å². The van der Waals surface area contributed by atoms with Gasteiger partial charge in [0, 0.05) is 5.56 Å². The monoisotopic (exact) mass is 270 g/mol. The van der Waals surface area contributed by atoms with Crippen LogP contribution < -0.4 is 0 Å². The van der Waals surface area contributed by atoms with E-state index in [0.717, 1.165) is 12.0 Å². The fourth-order valence-electron chi connectivity index (χ4n) is 1.65.